The van der Waals surface area contributed by atoms with E-state index in [1.807, 2.05) is 66.2 Å². The van der Waals surface area contributed by atoms with E-state index in [2.05, 4.69) is 120 Å². The molecular weight excluding hydrogens is 691 g/mol. The van der Waals surface area contributed by atoms with Crippen molar-refractivity contribution < 1.29 is 0 Å². The van der Waals surface area contributed by atoms with Crippen LogP contribution in [0.3, 0.4) is 0 Å². The fraction of sp³-hybridized carbons (Fsp3) is 0.0612. The van der Waals surface area contributed by atoms with Crippen LogP contribution >= 0.6 is 11.3 Å². The van der Waals surface area contributed by atoms with Crippen LogP contribution < -0.4 is 0 Å². The second-order valence-electron chi connectivity index (χ2n) is 14.7. The SMILES string of the molecule is CC1(C)c2cc(-n3c4ccc(-c5ccccc5)cc4c4cc(-c5nc(-c6ccccc6)nc(-c6ccccc6)n5)ccc43)ccc2-c2c1ccc1ncsc21. The highest BCUT2D eigenvalue weighted by Gasteiger charge is 2.37. The van der Waals surface area contributed by atoms with Crippen molar-refractivity contribution in [3.8, 4) is 62.1 Å². The molecule has 1 aliphatic carbocycles. The Labute approximate surface area is 322 Å². The summed E-state index contributed by atoms with van der Waals surface area (Å²) in [6.07, 6.45) is 0. The third-order valence-electron chi connectivity index (χ3n) is 11.2. The van der Waals surface area contributed by atoms with Gasteiger partial charge in [-0.05, 0) is 76.3 Å². The number of hydrogen-bond acceptors (Lipinski definition) is 5. The maximum absolute atomic E-state index is 5.08. The Balaban J connectivity index is 1.14. The topological polar surface area (TPSA) is 56.5 Å². The van der Waals surface area contributed by atoms with E-state index in [0.717, 1.165) is 44.3 Å². The molecule has 0 fully saturated rings. The summed E-state index contributed by atoms with van der Waals surface area (Å²) in [5.41, 5.74) is 16.8. The molecule has 0 atom stereocenters. The Morgan fingerprint density at radius 1 is 0.491 bits per heavy atom. The summed E-state index contributed by atoms with van der Waals surface area (Å²) in [6, 6.07) is 55.9. The third-order valence-corrected chi connectivity index (χ3v) is 12.1. The zero-order valence-corrected chi connectivity index (χ0v) is 31.0. The quantitative estimate of drug-likeness (QED) is 0.177. The molecule has 3 heterocycles. The first-order chi connectivity index (χ1) is 27.0. The largest absolute Gasteiger partial charge is 0.309 e. The van der Waals surface area contributed by atoms with Gasteiger partial charge in [-0.3, -0.25) is 0 Å². The fourth-order valence-electron chi connectivity index (χ4n) is 8.46. The van der Waals surface area contributed by atoms with Crippen LogP contribution in [0.1, 0.15) is 25.0 Å². The van der Waals surface area contributed by atoms with Crippen molar-refractivity contribution in [2.75, 3.05) is 0 Å². The summed E-state index contributed by atoms with van der Waals surface area (Å²) in [5, 5.41) is 2.32. The van der Waals surface area contributed by atoms with Gasteiger partial charge >= 0.3 is 0 Å². The number of benzene rings is 7. The van der Waals surface area contributed by atoms with Crippen LogP contribution in [0.5, 0.6) is 0 Å². The lowest BCUT2D eigenvalue weighted by Gasteiger charge is -2.22. The maximum atomic E-state index is 5.08. The summed E-state index contributed by atoms with van der Waals surface area (Å²) in [5.74, 6) is 1.94. The second kappa shape index (κ2) is 12.1. The highest BCUT2D eigenvalue weighted by atomic mass is 32.1. The van der Waals surface area contributed by atoms with Crippen molar-refractivity contribution in [3.63, 3.8) is 0 Å². The molecular formula is C49H33N5S. The Kier molecular flexibility index (Phi) is 7.00. The van der Waals surface area contributed by atoms with Crippen LogP contribution in [-0.2, 0) is 5.41 Å². The van der Waals surface area contributed by atoms with Gasteiger partial charge < -0.3 is 4.57 Å². The number of fused-ring (bicyclic) bond motifs is 8. The van der Waals surface area contributed by atoms with Crippen molar-refractivity contribution in [1.82, 2.24) is 24.5 Å². The lowest BCUT2D eigenvalue weighted by atomic mass is 9.82. The van der Waals surface area contributed by atoms with E-state index < -0.39 is 0 Å². The summed E-state index contributed by atoms with van der Waals surface area (Å²) in [7, 11) is 0. The summed E-state index contributed by atoms with van der Waals surface area (Å²) < 4.78 is 3.68. The molecule has 0 spiro atoms. The summed E-state index contributed by atoms with van der Waals surface area (Å²) >= 11 is 1.73. The highest BCUT2D eigenvalue weighted by Crippen LogP contribution is 2.52. The summed E-state index contributed by atoms with van der Waals surface area (Å²) in [6.45, 7) is 4.70. The van der Waals surface area contributed by atoms with E-state index >= 15 is 0 Å². The Bertz CT molecular complexity index is 3050. The molecule has 0 bridgehead atoms. The lowest BCUT2D eigenvalue weighted by molar-refractivity contribution is 0.660. The fourth-order valence-corrected chi connectivity index (χ4v) is 9.31. The average Bonchev–Trinajstić information content (AvgIpc) is 3.92. The molecule has 0 saturated heterocycles. The standard InChI is InChI=1S/C49H33N5S/c1-49(2)39-22-23-41-45(55-29-50-41)44(39)36-21-20-35(28-40(36)49)54-42-24-18-33(30-12-6-3-7-13-30)26-37(42)38-27-34(19-25-43(38)54)48-52-46(31-14-8-4-9-15-31)51-47(53-48)32-16-10-5-11-17-32/h3-29H,1-2H3. The number of hydrogen-bond donors (Lipinski definition) is 0. The molecule has 0 amide bonds. The number of aromatic nitrogens is 5. The van der Waals surface area contributed by atoms with Gasteiger partial charge in [0.25, 0.3) is 0 Å². The molecule has 11 rings (SSSR count). The Hall–Kier alpha value is -6.76. The maximum Gasteiger partial charge on any atom is 0.164 e. The van der Waals surface area contributed by atoms with E-state index in [1.165, 1.54) is 43.5 Å². The lowest BCUT2D eigenvalue weighted by Crippen LogP contribution is -2.15. The van der Waals surface area contributed by atoms with E-state index in [9.17, 15) is 0 Å². The smallest absolute Gasteiger partial charge is 0.164 e. The van der Waals surface area contributed by atoms with Gasteiger partial charge in [-0.2, -0.15) is 0 Å². The van der Waals surface area contributed by atoms with Crippen LogP contribution in [0, 0.1) is 0 Å². The van der Waals surface area contributed by atoms with Gasteiger partial charge in [0, 0.05) is 44.1 Å². The van der Waals surface area contributed by atoms with Gasteiger partial charge in [0.15, 0.2) is 17.5 Å². The molecule has 3 aromatic heterocycles. The monoisotopic (exact) mass is 723 g/mol. The molecule has 55 heavy (non-hydrogen) atoms. The molecule has 0 N–H and O–H groups in total. The van der Waals surface area contributed by atoms with Gasteiger partial charge in [-0.15, -0.1) is 11.3 Å². The predicted molar refractivity (Wildman–Crippen MR) is 227 cm³/mol. The minimum atomic E-state index is -0.156. The van der Waals surface area contributed by atoms with Gasteiger partial charge in [-0.25, -0.2) is 19.9 Å². The summed E-state index contributed by atoms with van der Waals surface area (Å²) in [4.78, 5) is 19.7. The van der Waals surface area contributed by atoms with Crippen LogP contribution in [0.2, 0.25) is 0 Å². The van der Waals surface area contributed by atoms with Crippen molar-refractivity contribution in [1.29, 1.82) is 0 Å². The predicted octanol–water partition coefficient (Wildman–Crippen LogP) is 12.6. The van der Waals surface area contributed by atoms with Gasteiger partial charge in [-0.1, -0.05) is 123 Å². The molecule has 10 aromatic rings. The van der Waals surface area contributed by atoms with Crippen LogP contribution in [0.25, 0.3) is 94.1 Å². The molecule has 0 unspecified atom stereocenters. The van der Waals surface area contributed by atoms with Crippen LogP contribution in [0.15, 0.2) is 163 Å². The Morgan fingerprint density at radius 3 is 1.69 bits per heavy atom. The van der Waals surface area contributed by atoms with E-state index in [-0.39, 0.29) is 5.41 Å². The number of thiazole rings is 1. The minimum absolute atomic E-state index is 0.156. The molecule has 0 radical (unpaired) electrons. The van der Waals surface area contributed by atoms with Gasteiger partial charge in [0.2, 0.25) is 0 Å². The van der Waals surface area contributed by atoms with E-state index in [1.54, 1.807) is 11.3 Å². The van der Waals surface area contributed by atoms with E-state index in [0.29, 0.717) is 17.5 Å². The number of nitrogens with zero attached hydrogens (tertiary/aromatic N) is 5. The first kappa shape index (κ1) is 31.7. The van der Waals surface area contributed by atoms with Crippen molar-refractivity contribution in [2.24, 2.45) is 0 Å². The molecule has 0 saturated carbocycles. The van der Waals surface area contributed by atoms with Crippen LogP contribution in [0.4, 0.5) is 0 Å². The molecule has 0 aliphatic heterocycles. The Morgan fingerprint density at radius 2 is 1.05 bits per heavy atom. The number of rotatable bonds is 5. The molecule has 1 aliphatic rings. The highest BCUT2D eigenvalue weighted by molar-refractivity contribution is 7.17. The zero-order chi connectivity index (χ0) is 36.7. The minimum Gasteiger partial charge on any atom is -0.309 e. The average molecular weight is 724 g/mol. The molecule has 7 aromatic carbocycles. The third kappa shape index (κ3) is 4.99. The molecule has 260 valence electrons. The van der Waals surface area contributed by atoms with E-state index in [4.69, 9.17) is 15.0 Å². The normalized spacial score (nSPS) is 13.1. The van der Waals surface area contributed by atoms with Gasteiger partial charge in [0.1, 0.15) is 0 Å². The van der Waals surface area contributed by atoms with Crippen molar-refractivity contribution >= 4 is 43.4 Å². The van der Waals surface area contributed by atoms with Crippen LogP contribution in [-0.4, -0.2) is 24.5 Å². The molecule has 5 nitrogen and oxygen atoms in total. The molecule has 6 heteroatoms. The zero-order valence-electron chi connectivity index (χ0n) is 30.2. The van der Waals surface area contributed by atoms with Crippen molar-refractivity contribution in [3.05, 3.63) is 174 Å². The van der Waals surface area contributed by atoms with Crippen molar-refractivity contribution in [2.45, 2.75) is 19.3 Å². The first-order valence-corrected chi connectivity index (χ1v) is 19.4. The second-order valence-corrected chi connectivity index (χ2v) is 15.6. The van der Waals surface area contributed by atoms with Gasteiger partial charge in [0.05, 0.1) is 26.8 Å². The first-order valence-electron chi connectivity index (χ1n) is 18.5.